The number of fused-ring (bicyclic) bond motifs is 1. The van der Waals surface area contributed by atoms with E-state index in [2.05, 4.69) is 38.4 Å². The Kier molecular flexibility index (Phi) is 9.75. The number of rotatable bonds is 7. The molecule has 2 aromatic carbocycles. The lowest BCUT2D eigenvalue weighted by molar-refractivity contribution is 0.0910. The Bertz CT molecular complexity index is 1550. The van der Waals surface area contributed by atoms with Gasteiger partial charge in [0.1, 0.15) is 11.6 Å². The molecule has 1 amide bonds. The van der Waals surface area contributed by atoms with Crippen molar-refractivity contribution in [3.05, 3.63) is 89.3 Å². The number of ether oxygens (including phenoxy) is 1. The van der Waals surface area contributed by atoms with Crippen LogP contribution in [0.5, 0.6) is 5.75 Å². The molecule has 0 bridgehead atoms. The van der Waals surface area contributed by atoms with Gasteiger partial charge < -0.3 is 30.4 Å². The first-order chi connectivity index (χ1) is 20.5. The van der Waals surface area contributed by atoms with E-state index in [1.807, 2.05) is 62.7 Å². The molecule has 2 aliphatic heterocycles. The van der Waals surface area contributed by atoms with Crippen molar-refractivity contribution in [3.8, 4) is 17.6 Å². The Morgan fingerprint density at radius 2 is 2.00 bits per heavy atom. The second kappa shape index (κ2) is 14.0. The zero-order valence-electron chi connectivity index (χ0n) is 24.3. The predicted molar refractivity (Wildman–Crippen MR) is 168 cm³/mol. The van der Waals surface area contributed by atoms with Crippen molar-refractivity contribution in [1.29, 1.82) is 0 Å². The number of aliphatic hydroxyl groups is 1. The van der Waals surface area contributed by atoms with Crippen molar-refractivity contribution in [2.75, 3.05) is 32.8 Å². The number of carbonyl (C=O) groups is 1. The molecule has 8 heteroatoms. The maximum absolute atomic E-state index is 13.5. The highest BCUT2D eigenvalue weighted by atomic mass is 16.5. The van der Waals surface area contributed by atoms with Gasteiger partial charge >= 0.3 is 0 Å². The molecule has 42 heavy (non-hydrogen) atoms. The summed E-state index contributed by atoms with van der Waals surface area (Å²) in [4.78, 5) is 23.9. The van der Waals surface area contributed by atoms with Crippen LogP contribution in [-0.2, 0) is 6.42 Å². The van der Waals surface area contributed by atoms with Crippen LogP contribution in [0.2, 0.25) is 0 Å². The topological polar surface area (TPSA) is 102 Å². The summed E-state index contributed by atoms with van der Waals surface area (Å²) in [6.45, 7) is 7.52. The minimum Gasteiger partial charge on any atom is -0.490 e. The lowest BCUT2D eigenvalue weighted by atomic mass is 10.0. The summed E-state index contributed by atoms with van der Waals surface area (Å²) in [7, 11) is 0. The van der Waals surface area contributed by atoms with Gasteiger partial charge in [0, 0.05) is 67.0 Å². The van der Waals surface area contributed by atoms with Gasteiger partial charge in [0.15, 0.2) is 0 Å². The lowest BCUT2D eigenvalue weighted by Gasteiger charge is -2.30. The van der Waals surface area contributed by atoms with E-state index in [0.717, 1.165) is 66.9 Å². The Morgan fingerprint density at radius 3 is 2.81 bits per heavy atom. The van der Waals surface area contributed by atoms with Gasteiger partial charge in [-0.05, 0) is 62.6 Å². The highest BCUT2D eigenvalue weighted by Crippen LogP contribution is 2.23. The number of H-pyrrole nitrogens is 1. The highest BCUT2D eigenvalue weighted by molar-refractivity contribution is 5.97. The van der Waals surface area contributed by atoms with E-state index in [-0.39, 0.29) is 18.6 Å². The van der Waals surface area contributed by atoms with Crippen molar-refractivity contribution in [2.24, 2.45) is 4.99 Å². The van der Waals surface area contributed by atoms with Crippen LogP contribution in [0.15, 0.2) is 77.6 Å². The smallest absolute Gasteiger partial charge is 0.255 e. The van der Waals surface area contributed by atoms with Crippen LogP contribution < -0.4 is 15.4 Å². The number of amidine groups is 1. The van der Waals surface area contributed by atoms with Gasteiger partial charge in [0.2, 0.25) is 0 Å². The number of amides is 1. The molecule has 3 heterocycles. The summed E-state index contributed by atoms with van der Waals surface area (Å²) < 4.78 is 5.97. The maximum atomic E-state index is 13.5. The van der Waals surface area contributed by atoms with Gasteiger partial charge in [-0.15, -0.1) is 0 Å². The molecule has 5 rings (SSSR count). The monoisotopic (exact) mass is 565 g/mol. The SMILES string of the molecule is CC(C)Oc1ccc(C#CC2=C/N=C(N3CCNCC3)CC/C=C\2)cc1C(=O)N[C@@H](CO)Cc1c[nH]c2ccccc12. The summed E-state index contributed by atoms with van der Waals surface area (Å²) in [5.74, 6) is 7.69. The molecule has 0 spiro atoms. The van der Waals surface area contributed by atoms with Gasteiger partial charge in [-0.1, -0.05) is 36.1 Å². The number of para-hydroxylation sites is 1. The fraction of sp³-hybridized carbons (Fsp3) is 0.353. The number of hydrogen-bond acceptors (Lipinski definition) is 6. The molecule has 218 valence electrons. The van der Waals surface area contributed by atoms with Crippen LogP contribution in [-0.4, -0.2) is 71.7 Å². The molecule has 8 nitrogen and oxygen atoms in total. The van der Waals surface area contributed by atoms with Gasteiger partial charge in [-0.25, -0.2) is 4.99 Å². The van der Waals surface area contributed by atoms with Crippen molar-refractivity contribution in [1.82, 2.24) is 20.5 Å². The first kappa shape index (κ1) is 29.2. The number of piperazine rings is 1. The van der Waals surface area contributed by atoms with Gasteiger partial charge in [-0.3, -0.25) is 4.79 Å². The molecular formula is C34H39N5O3. The zero-order valence-corrected chi connectivity index (χ0v) is 24.3. The van der Waals surface area contributed by atoms with E-state index < -0.39 is 6.04 Å². The molecule has 0 saturated carbocycles. The van der Waals surface area contributed by atoms with Crippen LogP contribution >= 0.6 is 0 Å². The third-order valence-corrected chi connectivity index (χ3v) is 7.30. The highest BCUT2D eigenvalue weighted by Gasteiger charge is 2.20. The van der Waals surface area contributed by atoms with Gasteiger partial charge in [0.05, 0.1) is 24.3 Å². The number of carbonyl (C=O) groups excluding carboxylic acids is 1. The number of aliphatic imine (C=N–C) groups is 1. The van der Waals surface area contributed by atoms with Crippen molar-refractivity contribution in [2.45, 2.75) is 45.3 Å². The van der Waals surface area contributed by atoms with E-state index in [1.165, 1.54) is 0 Å². The molecule has 4 N–H and O–H groups in total. The summed E-state index contributed by atoms with van der Waals surface area (Å²) >= 11 is 0. The average Bonchev–Trinajstić information content (AvgIpc) is 3.40. The first-order valence-corrected chi connectivity index (χ1v) is 14.7. The van der Waals surface area contributed by atoms with Crippen LogP contribution in [0.25, 0.3) is 10.9 Å². The third-order valence-electron chi connectivity index (χ3n) is 7.30. The third kappa shape index (κ3) is 7.49. The molecule has 1 aromatic heterocycles. The van der Waals surface area contributed by atoms with Gasteiger partial charge in [-0.2, -0.15) is 0 Å². The molecule has 1 atom stereocenters. The molecule has 0 radical (unpaired) electrons. The summed E-state index contributed by atoms with van der Waals surface area (Å²) in [5, 5.41) is 17.6. The number of allylic oxidation sites excluding steroid dienone is 3. The number of aromatic amines is 1. The first-order valence-electron chi connectivity index (χ1n) is 14.7. The van der Waals surface area contributed by atoms with Gasteiger partial charge in [0.25, 0.3) is 5.91 Å². The fourth-order valence-electron chi connectivity index (χ4n) is 5.19. The number of hydrogen-bond donors (Lipinski definition) is 4. The molecule has 0 aliphatic carbocycles. The van der Waals surface area contributed by atoms with Crippen LogP contribution in [0, 0.1) is 11.8 Å². The Balaban J connectivity index is 1.35. The number of nitrogens with zero attached hydrogens (tertiary/aromatic N) is 2. The minimum absolute atomic E-state index is 0.110. The fourth-order valence-corrected chi connectivity index (χ4v) is 5.19. The second-order valence-electron chi connectivity index (χ2n) is 10.9. The lowest BCUT2D eigenvalue weighted by Crippen LogP contribution is -2.46. The Morgan fingerprint density at radius 1 is 1.17 bits per heavy atom. The van der Waals surface area contributed by atoms with Crippen LogP contribution in [0.4, 0.5) is 0 Å². The van der Waals surface area contributed by atoms with Crippen molar-refractivity contribution < 1.29 is 14.6 Å². The number of aliphatic hydroxyl groups excluding tert-OH is 1. The molecule has 0 unspecified atom stereocenters. The standard InChI is InChI=1S/C34H39N5O3/c1-24(2)42-32-14-13-25(11-12-26-7-3-6-10-33(37-21-26)39-17-15-35-16-18-39)19-30(32)34(41)38-28(23-40)20-27-22-36-31-9-5-4-8-29(27)31/h3-5,7-9,13-14,19,21-22,24,28,35-36,40H,6,10,15-18,20,23H2,1-2H3,(H,38,41)/b7-3-,26-21+,37-33?/t28-/m1/s1. The van der Waals surface area contributed by atoms with E-state index in [9.17, 15) is 9.90 Å². The molecule has 1 fully saturated rings. The summed E-state index contributed by atoms with van der Waals surface area (Å²) in [5.41, 5.74) is 3.95. The number of benzene rings is 2. The molecule has 1 saturated heterocycles. The zero-order chi connectivity index (χ0) is 29.3. The molecular weight excluding hydrogens is 526 g/mol. The normalized spacial score (nSPS) is 18.1. The summed E-state index contributed by atoms with van der Waals surface area (Å²) in [6, 6.07) is 12.9. The van der Waals surface area contributed by atoms with Crippen molar-refractivity contribution >= 4 is 22.6 Å². The largest absolute Gasteiger partial charge is 0.490 e. The van der Waals surface area contributed by atoms with Crippen LogP contribution in [0.1, 0.15) is 48.2 Å². The van der Waals surface area contributed by atoms with Crippen LogP contribution in [0.3, 0.4) is 0 Å². The van der Waals surface area contributed by atoms with Crippen molar-refractivity contribution in [3.63, 3.8) is 0 Å². The van der Waals surface area contributed by atoms with E-state index in [0.29, 0.717) is 23.3 Å². The Labute approximate surface area is 247 Å². The summed E-state index contributed by atoms with van der Waals surface area (Å²) in [6.07, 6.45) is 10.1. The second-order valence-corrected chi connectivity index (χ2v) is 10.9. The van der Waals surface area contributed by atoms with E-state index in [1.54, 1.807) is 12.1 Å². The molecule has 2 aliphatic rings. The quantitative estimate of drug-likeness (QED) is 0.322. The van der Waals surface area contributed by atoms with E-state index in [4.69, 9.17) is 9.73 Å². The average molecular weight is 566 g/mol. The predicted octanol–water partition coefficient (Wildman–Crippen LogP) is 4.18. The van der Waals surface area contributed by atoms with E-state index >= 15 is 0 Å². The maximum Gasteiger partial charge on any atom is 0.255 e. The number of aromatic nitrogens is 1. The Hall–Kier alpha value is -4.32. The minimum atomic E-state index is -0.466. The molecule has 3 aromatic rings. The number of nitrogens with one attached hydrogen (secondary N) is 3.